The molecule has 0 aliphatic rings. The van der Waals surface area contributed by atoms with Crippen LogP contribution in [0.25, 0.3) is 0 Å². The molecule has 0 aromatic carbocycles. The van der Waals surface area contributed by atoms with E-state index in [1.165, 1.54) is 31.5 Å². The summed E-state index contributed by atoms with van der Waals surface area (Å²) in [4.78, 5) is 40.8. The monoisotopic (exact) mass is 427 g/mol. The SMILES string of the molecule is CC(OC(=O)[C@@H](NC(=O)c1ccco1)C(C)C)C(=O)Nc1ncc(Cl)cc1Cl. The van der Waals surface area contributed by atoms with Crippen LogP contribution in [0.5, 0.6) is 0 Å². The molecule has 2 rings (SSSR count). The van der Waals surface area contributed by atoms with Crippen LogP contribution in [0.2, 0.25) is 10.0 Å². The second kappa shape index (κ2) is 9.57. The Hall–Kier alpha value is -2.58. The largest absolute Gasteiger partial charge is 0.459 e. The third kappa shape index (κ3) is 5.71. The summed E-state index contributed by atoms with van der Waals surface area (Å²) in [5.74, 6) is -2.08. The van der Waals surface area contributed by atoms with Gasteiger partial charge in [-0.05, 0) is 31.0 Å². The average Bonchev–Trinajstić information content (AvgIpc) is 3.16. The zero-order valence-electron chi connectivity index (χ0n) is 15.4. The molecule has 0 saturated heterocycles. The molecule has 2 atom stereocenters. The number of anilines is 1. The van der Waals surface area contributed by atoms with Gasteiger partial charge in [0.05, 0.1) is 16.3 Å². The zero-order chi connectivity index (χ0) is 20.8. The minimum atomic E-state index is -1.15. The molecule has 2 amide bonds. The molecule has 2 aromatic heterocycles. The number of carbonyl (C=O) groups excluding carboxylic acids is 3. The first-order valence-corrected chi connectivity index (χ1v) is 9.11. The highest BCUT2D eigenvalue weighted by Crippen LogP contribution is 2.22. The summed E-state index contributed by atoms with van der Waals surface area (Å²) in [6.45, 7) is 4.86. The maximum Gasteiger partial charge on any atom is 0.329 e. The number of carbonyl (C=O) groups is 3. The number of esters is 1. The van der Waals surface area contributed by atoms with Crippen LogP contribution in [0.4, 0.5) is 5.82 Å². The summed E-state index contributed by atoms with van der Waals surface area (Å²) >= 11 is 11.7. The maximum absolute atomic E-state index is 12.5. The van der Waals surface area contributed by atoms with Crippen molar-refractivity contribution >= 4 is 46.8 Å². The number of hydrogen-bond acceptors (Lipinski definition) is 6. The van der Waals surface area contributed by atoms with Gasteiger partial charge in [0.15, 0.2) is 17.7 Å². The van der Waals surface area contributed by atoms with Gasteiger partial charge in [-0.15, -0.1) is 0 Å². The molecule has 1 unspecified atom stereocenters. The van der Waals surface area contributed by atoms with Gasteiger partial charge in [0, 0.05) is 6.20 Å². The van der Waals surface area contributed by atoms with Gasteiger partial charge < -0.3 is 19.8 Å². The molecule has 0 radical (unpaired) electrons. The Labute approximate surface area is 171 Å². The quantitative estimate of drug-likeness (QED) is 0.655. The minimum Gasteiger partial charge on any atom is -0.459 e. The second-order valence-corrected chi connectivity index (χ2v) is 7.07. The Morgan fingerprint density at radius 3 is 2.50 bits per heavy atom. The number of nitrogens with zero attached hydrogens (tertiary/aromatic N) is 1. The van der Waals surface area contributed by atoms with Gasteiger partial charge in [-0.1, -0.05) is 37.0 Å². The van der Waals surface area contributed by atoms with Gasteiger partial charge in [-0.25, -0.2) is 9.78 Å². The number of pyridine rings is 1. The molecule has 0 aliphatic carbocycles. The van der Waals surface area contributed by atoms with E-state index in [2.05, 4.69) is 15.6 Å². The summed E-state index contributed by atoms with van der Waals surface area (Å²) in [5.41, 5.74) is 0. The summed E-state index contributed by atoms with van der Waals surface area (Å²) < 4.78 is 10.2. The Morgan fingerprint density at radius 2 is 1.93 bits per heavy atom. The topological polar surface area (TPSA) is 111 Å². The molecule has 2 aromatic rings. The fourth-order valence-corrected chi connectivity index (χ4v) is 2.57. The molecule has 28 heavy (non-hydrogen) atoms. The predicted octanol–water partition coefficient (Wildman–Crippen LogP) is 3.31. The van der Waals surface area contributed by atoms with Crippen molar-refractivity contribution in [2.45, 2.75) is 32.9 Å². The van der Waals surface area contributed by atoms with Gasteiger partial charge >= 0.3 is 5.97 Å². The first-order chi connectivity index (χ1) is 13.2. The fraction of sp³-hybridized carbons (Fsp3) is 0.333. The fourth-order valence-electron chi connectivity index (χ4n) is 2.14. The Kier molecular flexibility index (Phi) is 7.42. The first-order valence-electron chi connectivity index (χ1n) is 8.35. The number of nitrogens with one attached hydrogen (secondary N) is 2. The van der Waals surface area contributed by atoms with Crippen molar-refractivity contribution in [1.82, 2.24) is 10.3 Å². The molecular formula is C18H19Cl2N3O5. The minimum absolute atomic E-state index is 0.0627. The average molecular weight is 428 g/mol. The number of ether oxygens (including phenoxy) is 1. The molecule has 0 spiro atoms. The predicted molar refractivity (Wildman–Crippen MR) is 103 cm³/mol. The van der Waals surface area contributed by atoms with E-state index in [-0.39, 0.29) is 22.5 Å². The summed E-state index contributed by atoms with van der Waals surface area (Å²) in [6, 6.07) is 3.48. The van der Waals surface area contributed by atoms with Crippen molar-refractivity contribution in [3.63, 3.8) is 0 Å². The Bertz CT molecular complexity index is 855. The molecule has 0 aliphatic heterocycles. The van der Waals surface area contributed by atoms with Gasteiger partial charge in [-0.3, -0.25) is 9.59 Å². The van der Waals surface area contributed by atoms with Gasteiger partial charge in [0.2, 0.25) is 0 Å². The van der Waals surface area contributed by atoms with Crippen LogP contribution in [0.3, 0.4) is 0 Å². The highest BCUT2D eigenvalue weighted by atomic mass is 35.5. The molecule has 2 N–H and O–H groups in total. The lowest BCUT2D eigenvalue weighted by molar-refractivity contribution is -0.156. The van der Waals surface area contributed by atoms with E-state index < -0.39 is 29.9 Å². The van der Waals surface area contributed by atoms with E-state index in [1.807, 2.05) is 0 Å². The molecule has 0 fully saturated rings. The highest BCUT2D eigenvalue weighted by molar-refractivity contribution is 6.36. The summed E-state index contributed by atoms with van der Waals surface area (Å²) in [5, 5.41) is 5.45. The van der Waals surface area contributed by atoms with E-state index in [0.717, 1.165) is 0 Å². The van der Waals surface area contributed by atoms with Gasteiger partial charge in [-0.2, -0.15) is 0 Å². The third-order valence-electron chi connectivity index (χ3n) is 3.66. The Morgan fingerprint density at radius 1 is 1.21 bits per heavy atom. The number of halogens is 2. The van der Waals surface area contributed by atoms with Crippen LogP contribution < -0.4 is 10.6 Å². The van der Waals surface area contributed by atoms with E-state index in [1.54, 1.807) is 19.9 Å². The molecule has 150 valence electrons. The van der Waals surface area contributed by atoms with Crippen molar-refractivity contribution < 1.29 is 23.5 Å². The van der Waals surface area contributed by atoms with Crippen LogP contribution >= 0.6 is 23.2 Å². The molecule has 0 bridgehead atoms. The van der Waals surface area contributed by atoms with E-state index in [4.69, 9.17) is 32.4 Å². The summed E-state index contributed by atoms with van der Waals surface area (Å²) in [6.07, 6.45) is 1.52. The lowest BCUT2D eigenvalue weighted by Gasteiger charge is -2.22. The van der Waals surface area contributed by atoms with Gasteiger partial charge in [0.1, 0.15) is 6.04 Å². The number of amides is 2. The molecular weight excluding hydrogens is 409 g/mol. The van der Waals surface area contributed by atoms with Crippen LogP contribution in [-0.4, -0.2) is 34.9 Å². The van der Waals surface area contributed by atoms with Crippen LogP contribution in [0.15, 0.2) is 35.1 Å². The van der Waals surface area contributed by atoms with Crippen LogP contribution in [0.1, 0.15) is 31.3 Å². The number of hydrogen-bond donors (Lipinski definition) is 2. The van der Waals surface area contributed by atoms with E-state index in [9.17, 15) is 14.4 Å². The standard InChI is InChI=1S/C18H19Cl2N3O5/c1-9(2)14(22-17(25)13-5-4-6-27-13)18(26)28-10(3)16(24)23-15-12(20)7-11(19)8-21-15/h4-10,14H,1-3H3,(H,22,25)(H,21,23,24)/t10?,14-/m0/s1. The van der Waals surface area contributed by atoms with Crippen LogP contribution in [-0.2, 0) is 14.3 Å². The van der Waals surface area contributed by atoms with Crippen molar-refractivity contribution in [2.24, 2.45) is 5.92 Å². The smallest absolute Gasteiger partial charge is 0.329 e. The highest BCUT2D eigenvalue weighted by Gasteiger charge is 2.30. The van der Waals surface area contributed by atoms with Crippen molar-refractivity contribution in [1.29, 1.82) is 0 Å². The van der Waals surface area contributed by atoms with Gasteiger partial charge in [0.25, 0.3) is 11.8 Å². The number of furan rings is 1. The molecule has 0 saturated carbocycles. The molecule has 8 nitrogen and oxygen atoms in total. The second-order valence-electron chi connectivity index (χ2n) is 6.22. The summed E-state index contributed by atoms with van der Waals surface area (Å²) in [7, 11) is 0. The third-order valence-corrected chi connectivity index (χ3v) is 4.16. The number of rotatable bonds is 7. The Balaban J connectivity index is 1.99. The van der Waals surface area contributed by atoms with Crippen LogP contribution in [0, 0.1) is 5.92 Å². The van der Waals surface area contributed by atoms with Crippen molar-refractivity contribution in [2.75, 3.05) is 5.32 Å². The van der Waals surface area contributed by atoms with Crippen molar-refractivity contribution in [3.05, 3.63) is 46.5 Å². The molecule has 2 heterocycles. The lowest BCUT2D eigenvalue weighted by Crippen LogP contribution is -2.47. The number of aromatic nitrogens is 1. The van der Waals surface area contributed by atoms with E-state index >= 15 is 0 Å². The first kappa shape index (κ1) is 21.7. The van der Waals surface area contributed by atoms with Crippen molar-refractivity contribution in [3.8, 4) is 0 Å². The maximum atomic E-state index is 12.5. The normalized spacial score (nSPS) is 12.9. The lowest BCUT2D eigenvalue weighted by atomic mass is 10.0. The molecule has 10 heteroatoms. The van der Waals surface area contributed by atoms with E-state index in [0.29, 0.717) is 5.02 Å². The zero-order valence-corrected chi connectivity index (χ0v) is 16.9.